The average Bonchev–Trinajstić information content (AvgIpc) is 2.90. The molecule has 0 aliphatic carbocycles. The number of piperidine rings is 1. The molecule has 1 aromatic heterocycles. The van der Waals surface area contributed by atoms with E-state index in [0.717, 1.165) is 12.0 Å². The molecule has 19 heavy (non-hydrogen) atoms. The van der Waals surface area contributed by atoms with Crippen molar-refractivity contribution in [2.24, 2.45) is 0 Å². The van der Waals surface area contributed by atoms with Crippen LogP contribution in [0.3, 0.4) is 0 Å². The number of rotatable bonds is 3. The molecular weight excluding hydrogens is 232 g/mol. The third-order valence-electron chi connectivity index (χ3n) is 4.80. The van der Waals surface area contributed by atoms with Gasteiger partial charge in [-0.1, -0.05) is 25.1 Å². The SMILES string of the molecule is CCC(C)N1CCC(c2c[nH]c3ccccc23)CC1. The van der Waals surface area contributed by atoms with Crippen LogP contribution in [0.25, 0.3) is 10.9 Å². The van der Waals surface area contributed by atoms with Crippen LogP contribution in [0.2, 0.25) is 0 Å². The molecule has 1 saturated heterocycles. The van der Waals surface area contributed by atoms with Crippen LogP contribution in [0.4, 0.5) is 0 Å². The van der Waals surface area contributed by atoms with Gasteiger partial charge in [-0.2, -0.15) is 0 Å². The Morgan fingerprint density at radius 1 is 1.26 bits per heavy atom. The average molecular weight is 256 g/mol. The second kappa shape index (κ2) is 5.38. The molecule has 2 aromatic rings. The molecule has 1 fully saturated rings. The summed E-state index contributed by atoms with van der Waals surface area (Å²) in [6.07, 6.45) is 6.09. The highest BCUT2D eigenvalue weighted by atomic mass is 15.2. The molecule has 2 heterocycles. The topological polar surface area (TPSA) is 19.0 Å². The summed E-state index contributed by atoms with van der Waals surface area (Å²) in [5, 5.41) is 1.42. The molecule has 0 radical (unpaired) electrons. The summed E-state index contributed by atoms with van der Waals surface area (Å²) in [5.74, 6) is 0.733. The Kier molecular flexibility index (Phi) is 3.61. The summed E-state index contributed by atoms with van der Waals surface area (Å²) >= 11 is 0. The second-order valence-electron chi connectivity index (χ2n) is 5.86. The minimum absolute atomic E-state index is 0.733. The smallest absolute Gasteiger partial charge is 0.0456 e. The molecule has 2 heteroatoms. The van der Waals surface area contributed by atoms with Crippen LogP contribution in [-0.2, 0) is 0 Å². The lowest BCUT2D eigenvalue weighted by molar-refractivity contribution is 0.158. The maximum absolute atomic E-state index is 3.42. The van der Waals surface area contributed by atoms with Crippen LogP contribution < -0.4 is 0 Å². The molecule has 1 aromatic carbocycles. The van der Waals surface area contributed by atoms with Gasteiger partial charge < -0.3 is 9.88 Å². The molecule has 102 valence electrons. The molecule has 0 saturated carbocycles. The van der Waals surface area contributed by atoms with Gasteiger partial charge in [0.2, 0.25) is 0 Å². The van der Waals surface area contributed by atoms with E-state index in [1.807, 2.05) is 0 Å². The first-order valence-corrected chi connectivity index (χ1v) is 7.59. The van der Waals surface area contributed by atoms with Gasteiger partial charge in [-0.15, -0.1) is 0 Å². The van der Waals surface area contributed by atoms with Gasteiger partial charge in [0.1, 0.15) is 0 Å². The fourth-order valence-electron chi connectivity index (χ4n) is 3.34. The van der Waals surface area contributed by atoms with Crippen LogP contribution in [0.15, 0.2) is 30.5 Å². The van der Waals surface area contributed by atoms with Crippen molar-refractivity contribution < 1.29 is 0 Å². The predicted molar refractivity (Wildman–Crippen MR) is 81.6 cm³/mol. The largest absolute Gasteiger partial charge is 0.361 e. The van der Waals surface area contributed by atoms with Gasteiger partial charge in [0, 0.05) is 23.1 Å². The molecule has 1 atom stereocenters. The summed E-state index contributed by atoms with van der Waals surface area (Å²) < 4.78 is 0. The van der Waals surface area contributed by atoms with Crippen molar-refractivity contribution in [2.45, 2.75) is 45.1 Å². The lowest BCUT2D eigenvalue weighted by Gasteiger charge is -2.35. The zero-order chi connectivity index (χ0) is 13.2. The number of para-hydroxylation sites is 1. The Morgan fingerprint density at radius 3 is 2.74 bits per heavy atom. The van der Waals surface area contributed by atoms with E-state index >= 15 is 0 Å². The number of fused-ring (bicyclic) bond motifs is 1. The van der Waals surface area contributed by atoms with Crippen LogP contribution in [0.5, 0.6) is 0 Å². The van der Waals surface area contributed by atoms with Crippen LogP contribution in [0.1, 0.15) is 44.6 Å². The number of benzene rings is 1. The van der Waals surface area contributed by atoms with Crippen molar-refractivity contribution in [3.63, 3.8) is 0 Å². The summed E-state index contributed by atoms with van der Waals surface area (Å²) in [6.45, 7) is 7.14. The summed E-state index contributed by atoms with van der Waals surface area (Å²) in [5.41, 5.74) is 2.81. The van der Waals surface area contributed by atoms with E-state index < -0.39 is 0 Å². The van der Waals surface area contributed by atoms with Crippen LogP contribution in [-0.4, -0.2) is 29.0 Å². The standard InChI is InChI=1S/C17H24N2/c1-3-13(2)19-10-8-14(9-11-19)16-12-18-17-7-5-4-6-15(16)17/h4-7,12-14,18H,3,8-11H2,1-2H3. The van der Waals surface area contributed by atoms with E-state index in [1.54, 1.807) is 0 Å². The molecule has 2 nitrogen and oxygen atoms in total. The Bertz CT molecular complexity index is 535. The van der Waals surface area contributed by atoms with Gasteiger partial charge in [-0.05, 0) is 56.8 Å². The van der Waals surface area contributed by atoms with Crippen molar-refractivity contribution >= 4 is 10.9 Å². The molecule has 1 aliphatic heterocycles. The van der Waals surface area contributed by atoms with E-state index in [9.17, 15) is 0 Å². The van der Waals surface area contributed by atoms with Crippen LogP contribution in [0, 0.1) is 0 Å². The normalized spacial score (nSPS) is 19.9. The lowest BCUT2D eigenvalue weighted by atomic mass is 9.88. The van der Waals surface area contributed by atoms with Gasteiger partial charge in [0.25, 0.3) is 0 Å². The number of nitrogens with one attached hydrogen (secondary N) is 1. The van der Waals surface area contributed by atoms with E-state index in [1.165, 1.54) is 48.8 Å². The Morgan fingerprint density at radius 2 is 2.00 bits per heavy atom. The first kappa shape index (κ1) is 12.7. The number of nitrogens with zero attached hydrogens (tertiary/aromatic N) is 1. The minimum Gasteiger partial charge on any atom is -0.361 e. The van der Waals surface area contributed by atoms with Gasteiger partial charge in [-0.3, -0.25) is 0 Å². The molecule has 0 spiro atoms. The fraction of sp³-hybridized carbons (Fsp3) is 0.529. The fourth-order valence-corrected chi connectivity index (χ4v) is 3.34. The van der Waals surface area contributed by atoms with E-state index in [2.05, 4.69) is 54.2 Å². The van der Waals surface area contributed by atoms with E-state index in [0.29, 0.717) is 0 Å². The molecule has 3 rings (SSSR count). The maximum Gasteiger partial charge on any atom is 0.0456 e. The van der Waals surface area contributed by atoms with Crippen molar-refractivity contribution in [2.75, 3.05) is 13.1 Å². The van der Waals surface area contributed by atoms with Gasteiger partial charge in [0.15, 0.2) is 0 Å². The second-order valence-corrected chi connectivity index (χ2v) is 5.86. The van der Waals surface area contributed by atoms with Crippen molar-refractivity contribution in [1.82, 2.24) is 9.88 Å². The monoisotopic (exact) mass is 256 g/mol. The molecule has 0 amide bonds. The number of aromatic amines is 1. The number of hydrogen-bond donors (Lipinski definition) is 1. The van der Waals surface area contributed by atoms with Crippen molar-refractivity contribution in [1.29, 1.82) is 0 Å². The summed E-state index contributed by atoms with van der Waals surface area (Å²) in [4.78, 5) is 6.06. The highest BCUT2D eigenvalue weighted by Gasteiger charge is 2.24. The Balaban J connectivity index is 1.75. The van der Waals surface area contributed by atoms with Gasteiger partial charge >= 0.3 is 0 Å². The number of H-pyrrole nitrogens is 1. The molecule has 1 aliphatic rings. The van der Waals surface area contributed by atoms with Crippen LogP contribution >= 0.6 is 0 Å². The maximum atomic E-state index is 3.42. The van der Waals surface area contributed by atoms with Gasteiger partial charge in [-0.25, -0.2) is 0 Å². The lowest BCUT2D eigenvalue weighted by Crippen LogP contribution is -2.39. The predicted octanol–water partition coefficient (Wildman–Crippen LogP) is 4.15. The van der Waals surface area contributed by atoms with E-state index in [-0.39, 0.29) is 0 Å². The molecule has 1 N–H and O–H groups in total. The Hall–Kier alpha value is -1.28. The molecule has 1 unspecified atom stereocenters. The first-order chi connectivity index (χ1) is 9.29. The zero-order valence-corrected chi connectivity index (χ0v) is 12.0. The third-order valence-corrected chi connectivity index (χ3v) is 4.80. The molecular formula is C17H24N2. The van der Waals surface area contributed by atoms with E-state index in [4.69, 9.17) is 0 Å². The molecule has 0 bridgehead atoms. The Labute approximate surface area is 115 Å². The van der Waals surface area contributed by atoms with Crippen molar-refractivity contribution in [3.05, 3.63) is 36.0 Å². The number of hydrogen-bond acceptors (Lipinski definition) is 1. The van der Waals surface area contributed by atoms with Crippen molar-refractivity contribution in [3.8, 4) is 0 Å². The van der Waals surface area contributed by atoms with Gasteiger partial charge in [0.05, 0.1) is 0 Å². The number of likely N-dealkylation sites (tertiary alicyclic amines) is 1. The third kappa shape index (κ3) is 2.42. The summed E-state index contributed by atoms with van der Waals surface area (Å²) in [6, 6.07) is 9.42. The highest BCUT2D eigenvalue weighted by Crippen LogP contribution is 2.33. The zero-order valence-electron chi connectivity index (χ0n) is 12.0. The highest BCUT2D eigenvalue weighted by molar-refractivity contribution is 5.83. The summed E-state index contributed by atoms with van der Waals surface area (Å²) in [7, 11) is 0. The minimum atomic E-state index is 0.733. The first-order valence-electron chi connectivity index (χ1n) is 7.59. The quantitative estimate of drug-likeness (QED) is 0.874. The number of aromatic nitrogens is 1.